The molecule has 0 saturated carbocycles. The predicted octanol–water partition coefficient (Wildman–Crippen LogP) is 4.42. The van der Waals surface area contributed by atoms with Crippen molar-refractivity contribution in [3.05, 3.63) is 51.8 Å². The number of aromatic amines is 1. The molecule has 0 amide bonds. The zero-order valence-electron chi connectivity index (χ0n) is 15.8. The molecule has 3 rings (SSSR count). The number of para-hydroxylation sites is 1. The van der Waals surface area contributed by atoms with Crippen LogP contribution in [0.2, 0.25) is 5.02 Å². The number of hydrogen-bond donors (Lipinski definition) is 2. The van der Waals surface area contributed by atoms with Crippen LogP contribution in [0.15, 0.2) is 36.4 Å². The zero-order valence-corrected chi connectivity index (χ0v) is 17.4. The lowest BCUT2D eigenvalue weighted by molar-refractivity contribution is 0.310. The van der Waals surface area contributed by atoms with Crippen molar-refractivity contribution in [1.29, 1.82) is 0 Å². The summed E-state index contributed by atoms with van der Waals surface area (Å²) in [6.45, 7) is 2.83. The number of nitrogens with one attached hydrogen (secondary N) is 2. The molecule has 7 nitrogen and oxygen atoms in total. The number of H-pyrrole nitrogens is 1. The normalized spacial score (nSPS) is 10.6. The molecule has 2 N–H and O–H groups in total. The third kappa shape index (κ3) is 4.07. The lowest BCUT2D eigenvalue weighted by Crippen LogP contribution is -2.16. The van der Waals surface area contributed by atoms with Gasteiger partial charge in [-0.15, -0.1) is 0 Å². The first-order valence-corrected chi connectivity index (χ1v) is 9.41. The molecule has 148 valence electrons. The standard InChI is InChI=1S/C19H21ClN4O3S/c1-4-27-17-10-14(20)12(9-16(17)26-3)11-21-24-18(22-23-19(24)28)13-7-5-6-8-15(13)25-2/h5-10,21H,4,11H2,1-3H3,(H,23,28). The minimum Gasteiger partial charge on any atom is -0.496 e. The SMILES string of the molecule is CCOc1cc(Cl)c(CNn2c(-c3ccccc3OC)n[nH]c2=S)cc1OC. The number of hydrogen-bond acceptors (Lipinski definition) is 6. The molecule has 9 heteroatoms. The maximum absolute atomic E-state index is 6.42. The fraction of sp³-hybridized carbons (Fsp3) is 0.263. The molecule has 2 aromatic carbocycles. The molecule has 3 aromatic rings. The van der Waals surface area contributed by atoms with Crippen molar-refractivity contribution in [2.45, 2.75) is 13.5 Å². The Balaban J connectivity index is 1.90. The van der Waals surface area contributed by atoms with E-state index in [9.17, 15) is 0 Å². The second kappa shape index (κ2) is 8.99. The molecule has 0 aliphatic carbocycles. The van der Waals surface area contributed by atoms with E-state index in [1.807, 2.05) is 37.3 Å². The summed E-state index contributed by atoms with van der Waals surface area (Å²) in [6, 6.07) is 11.2. The van der Waals surface area contributed by atoms with Gasteiger partial charge in [-0.1, -0.05) is 23.7 Å². The number of methoxy groups -OCH3 is 2. The number of nitrogens with zero attached hydrogens (tertiary/aromatic N) is 2. The number of halogens is 1. The first-order valence-electron chi connectivity index (χ1n) is 8.62. The average Bonchev–Trinajstić information content (AvgIpc) is 3.07. The Hall–Kier alpha value is -2.71. The van der Waals surface area contributed by atoms with Gasteiger partial charge in [0.2, 0.25) is 4.77 Å². The fourth-order valence-electron chi connectivity index (χ4n) is 2.76. The Bertz CT molecular complexity index is 1020. The minimum absolute atomic E-state index is 0.400. The van der Waals surface area contributed by atoms with Crippen LogP contribution in [0.3, 0.4) is 0 Å². The highest BCUT2D eigenvalue weighted by molar-refractivity contribution is 7.71. The van der Waals surface area contributed by atoms with Gasteiger partial charge < -0.3 is 19.6 Å². The van der Waals surface area contributed by atoms with Gasteiger partial charge >= 0.3 is 0 Å². The molecule has 0 aliphatic rings. The summed E-state index contributed by atoms with van der Waals surface area (Å²) < 4.78 is 18.5. The highest BCUT2D eigenvalue weighted by Gasteiger charge is 2.15. The summed E-state index contributed by atoms with van der Waals surface area (Å²) in [6.07, 6.45) is 0. The molecular weight excluding hydrogens is 400 g/mol. The van der Waals surface area contributed by atoms with Crippen molar-refractivity contribution in [1.82, 2.24) is 14.9 Å². The molecule has 0 atom stereocenters. The lowest BCUT2D eigenvalue weighted by Gasteiger charge is -2.15. The summed E-state index contributed by atoms with van der Waals surface area (Å²) in [5.74, 6) is 2.52. The van der Waals surface area contributed by atoms with Crippen molar-refractivity contribution < 1.29 is 14.2 Å². The van der Waals surface area contributed by atoms with Crippen LogP contribution in [0.4, 0.5) is 0 Å². The largest absolute Gasteiger partial charge is 0.496 e. The molecule has 1 aromatic heterocycles. The third-order valence-corrected chi connectivity index (χ3v) is 4.71. The Kier molecular flexibility index (Phi) is 6.43. The summed E-state index contributed by atoms with van der Waals surface area (Å²) in [5.41, 5.74) is 4.89. The summed E-state index contributed by atoms with van der Waals surface area (Å²) in [4.78, 5) is 0. The Labute approximate surface area is 173 Å². The molecule has 0 unspecified atom stereocenters. The smallest absolute Gasteiger partial charge is 0.214 e. The van der Waals surface area contributed by atoms with Gasteiger partial charge in [-0.25, -0.2) is 9.77 Å². The summed E-state index contributed by atoms with van der Waals surface area (Å²) in [5, 5.41) is 7.69. The second-order valence-electron chi connectivity index (χ2n) is 5.75. The minimum atomic E-state index is 0.400. The van der Waals surface area contributed by atoms with E-state index in [1.165, 1.54) is 0 Å². The maximum atomic E-state index is 6.42. The molecule has 0 bridgehead atoms. The first-order chi connectivity index (χ1) is 13.6. The Morgan fingerprint density at radius 3 is 2.61 bits per heavy atom. The van der Waals surface area contributed by atoms with Crippen LogP contribution in [0.1, 0.15) is 12.5 Å². The van der Waals surface area contributed by atoms with Crippen molar-refractivity contribution in [2.24, 2.45) is 0 Å². The second-order valence-corrected chi connectivity index (χ2v) is 6.54. The van der Waals surface area contributed by atoms with Crippen LogP contribution in [0.25, 0.3) is 11.4 Å². The molecule has 0 spiro atoms. The van der Waals surface area contributed by atoms with E-state index in [2.05, 4.69) is 15.6 Å². The van der Waals surface area contributed by atoms with Crippen LogP contribution < -0.4 is 19.6 Å². The van der Waals surface area contributed by atoms with Crippen LogP contribution in [0, 0.1) is 4.77 Å². The summed E-state index contributed by atoms with van der Waals surface area (Å²) in [7, 11) is 3.21. The van der Waals surface area contributed by atoms with Gasteiger partial charge in [0.15, 0.2) is 17.3 Å². The average molecular weight is 421 g/mol. The van der Waals surface area contributed by atoms with Crippen LogP contribution in [-0.4, -0.2) is 35.7 Å². The summed E-state index contributed by atoms with van der Waals surface area (Å²) >= 11 is 11.8. The topological polar surface area (TPSA) is 73.3 Å². The fourth-order valence-corrected chi connectivity index (χ4v) is 3.18. The highest BCUT2D eigenvalue weighted by atomic mass is 35.5. The predicted molar refractivity (Wildman–Crippen MR) is 112 cm³/mol. The van der Waals surface area contributed by atoms with E-state index >= 15 is 0 Å². The van der Waals surface area contributed by atoms with Crippen molar-refractivity contribution in [3.8, 4) is 28.6 Å². The number of rotatable bonds is 8. The molecular formula is C19H21ClN4O3S. The monoisotopic (exact) mass is 420 g/mol. The van der Waals surface area contributed by atoms with Gasteiger partial charge in [0, 0.05) is 11.1 Å². The molecule has 0 aliphatic heterocycles. The van der Waals surface area contributed by atoms with E-state index in [1.54, 1.807) is 25.0 Å². The number of aromatic nitrogens is 3. The van der Waals surface area contributed by atoms with E-state index in [-0.39, 0.29) is 0 Å². The third-order valence-electron chi connectivity index (χ3n) is 4.08. The highest BCUT2D eigenvalue weighted by Crippen LogP contribution is 2.34. The van der Waals surface area contributed by atoms with Crippen molar-refractivity contribution in [2.75, 3.05) is 26.3 Å². The molecule has 1 heterocycles. The molecule has 28 heavy (non-hydrogen) atoms. The van der Waals surface area contributed by atoms with Crippen molar-refractivity contribution >= 4 is 23.8 Å². The number of ether oxygens (including phenoxy) is 3. The van der Waals surface area contributed by atoms with E-state index in [4.69, 9.17) is 38.0 Å². The van der Waals surface area contributed by atoms with E-state index in [0.717, 1.165) is 11.1 Å². The van der Waals surface area contributed by atoms with Crippen LogP contribution >= 0.6 is 23.8 Å². The van der Waals surface area contributed by atoms with Gasteiger partial charge in [-0.3, -0.25) is 0 Å². The quantitative estimate of drug-likeness (QED) is 0.525. The molecule has 0 saturated heterocycles. The van der Waals surface area contributed by atoms with Gasteiger partial charge in [-0.2, -0.15) is 5.10 Å². The first kappa shape index (κ1) is 20.0. The van der Waals surface area contributed by atoms with Crippen LogP contribution in [-0.2, 0) is 6.54 Å². The van der Waals surface area contributed by atoms with Gasteiger partial charge in [0.05, 0.1) is 32.9 Å². The Morgan fingerprint density at radius 1 is 1.14 bits per heavy atom. The molecule has 0 radical (unpaired) electrons. The van der Waals surface area contributed by atoms with Crippen LogP contribution in [0.5, 0.6) is 17.2 Å². The van der Waals surface area contributed by atoms with E-state index in [0.29, 0.717) is 46.0 Å². The van der Waals surface area contributed by atoms with Crippen molar-refractivity contribution in [3.63, 3.8) is 0 Å². The van der Waals surface area contributed by atoms with Gasteiger partial charge in [-0.05, 0) is 42.9 Å². The Morgan fingerprint density at radius 2 is 1.89 bits per heavy atom. The lowest BCUT2D eigenvalue weighted by atomic mass is 10.2. The van der Waals surface area contributed by atoms with Gasteiger partial charge in [0.1, 0.15) is 5.75 Å². The van der Waals surface area contributed by atoms with E-state index < -0.39 is 0 Å². The molecule has 0 fully saturated rings. The number of benzene rings is 2. The zero-order chi connectivity index (χ0) is 20.1. The van der Waals surface area contributed by atoms with Gasteiger partial charge in [0.25, 0.3) is 0 Å². The maximum Gasteiger partial charge on any atom is 0.214 e.